The third kappa shape index (κ3) is 3.18. The van der Waals surface area contributed by atoms with E-state index in [0.717, 1.165) is 23.9 Å². The Balaban J connectivity index is 1.66. The number of hydrogen-bond acceptors (Lipinski definition) is 2. The van der Waals surface area contributed by atoms with Crippen LogP contribution in [0.4, 0.5) is 8.78 Å². The van der Waals surface area contributed by atoms with Crippen LogP contribution in [0.5, 0.6) is 0 Å². The second-order valence-electron chi connectivity index (χ2n) is 7.27. The van der Waals surface area contributed by atoms with Crippen molar-refractivity contribution in [2.75, 3.05) is 13.1 Å². The smallest absolute Gasteiger partial charge is 0.225 e. The Morgan fingerprint density at radius 2 is 1.67 bits per heavy atom. The lowest BCUT2D eigenvalue weighted by Gasteiger charge is -2.21. The first-order valence-electron chi connectivity index (χ1n) is 9.31. The summed E-state index contributed by atoms with van der Waals surface area (Å²) in [6, 6.07) is 8.77. The number of β-amino-alcohol motifs (C(OH)–C–C–N with tert-alkyl or cyclic N) is 1. The number of hydrogen-bond donors (Lipinski definition) is 1. The first-order chi connectivity index (χ1) is 13.0. The minimum absolute atomic E-state index is 0.0522. The van der Waals surface area contributed by atoms with Gasteiger partial charge in [0.2, 0.25) is 5.91 Å². The summed E-state index contributed by atoms with van der Waals surface area (Å²) in [5.74, 6) is -0.626. The molecule has 2 unspecified atom stereocenters. The number of halogens is 2. The maximum absolute atomic E-state index is 13.7. The molecule has 142 valence electrons. The third-order valence-electron chi connectivity index (χ3n) is 5.51. The Morgan fingerprint density at radius 3 is 2.19 bits per heavy atom. The highest BCUT2D eigenvalue weighted by molar-refractivity contribution is 6.08. The zero-order valence-corrected chi connectivity index (χ0v) is 15.2. The maximum atomic E-state index is 13.7. The minimum Gasteiger partial charge on any atom is -0.389 e. The molecule has 1 fully saturated rings. The predicted molar refractivity (Wildman–Crippen MR) is 100 cm³/mol. The van der Waals surface area contributed by atoms with Crippen molar-refractivity contribution in [1.29, 1.82) is 0 Å². The fourth-order valence-electron chi connectivity index (χ4n) is 4.13. The quantitative estimate of drug-likeness (QED) is 0.742. The van der Waals surface area contributed by atoms with E-state index in [9.17, 15) is 18.7 Å². The predicted octanol–water partition coefficient (Wildman–Crippen LogP) is 3.69. The molecule has 4 rings (SSSR count). The number of amides is 1. The van der Waals surface area contributed by atoms with Gasteiger partial charge in [-0.15, -0.1) is 0 Å². The SMILES string of the molecule is CCC1CCN(CC(O)Cn2c3ccc(F)cc3c3cc(F)ccc32)C1=O. The van der Waals surface area contributed by atoms with E-state index in [-0.39, 0.29) is 36.5 Å². The van der Waals surface area contributed by atoms with Gasteiger partial charge >= 0.3 is 0 Å². The number of likely N-dealkylation sites (tertiary alicyclic amines) is 1. The van der Waals surface area contributed by atoms with Gasteiger partial charge in [-0.25, -0.2) is 8.78 Å². The van der Waals surface area contributed by atoms with Crippen LogP contribution in [-0.4, -0.2) is 39.7 Å². The molecule has 1 aliphatic heterocycles. The van der Waals surface area contributed by atoms with Gasteiger partial charge in [0, 0.05) is 40.8 Å². The van der Waals surface area contributed by atoms with E-state index in [1.54, 1.807) is 17.0 Å². The van der Waals surface area contributed by atoms with Crippen LogP contribution in [0.1, 0.15) is 19.8 Å². The number of rotatable bonds is 5. The lowest BCUT2D eigenvalue weighted by Crippen LogP contribution is -2.36. The van der Waals surface area contributed by atoms with E-state index in [1.807, 2.05) is 11.5 Å². The number of carbonyl (C=O) groups excluding carboxylic acids is 1. The maximum Gasteiger partial charge on any atom is 0.225 e. The molecule has 3 aromatic rings. The van der Waals surface area contributed by atoms with Gasteiger partial charge in [0.15, 0.2) is 0 Å². The van der Waals surface area contributed by atoms with Crippen molar-refractivity contribution in [2.45, 2.75) is 32.4 Å². The molecule has 0 saturated carbocycles. The van der Waals surface area contributed by atoms with Crippen LogP contribution >= 0.6 is 0 Å². The summed E-state index contributed by atoms with van der Waals surface area (Å²) < 4.78 is 29.3. The van der Waals surface area contributed by atoms with E-state index in [4.69, 9.17) is 0 Å². The fourth-order valence-corrected chi connectivity index (χ4v) is 4.13. The van der Waals surface area contributed by atoms with E-state index in [0.29, 0.717) is 17.3 Å². The molecule has 1 N–H and O–H groups in total. The summed E-state index contributed by atoms with van der Waals surface area (Å²) in [5.41, 5.74) is 1.46. The molecule has 1 amide bonds. The fraction of sp³-hybridized carbons (Fsp3) is 0.381. The third-order valence-corrected chi connectivity index (χ3v) is 5.51. The molecule has 0 spiro atoms. The van der Waals surface area contributed by atoms with Crippen molar-refractivity contribution < 1.29 is 18.7 Å². The zero-order valence-electron chi connectivity index (χ0n) is 15.2. The van der Waals surface area contributed by atoms with Gasteiger partial charge < -0.3 is 14.6 Å². The average Bonchev–Trinajstić information content (AvgIpc) is 3.13. The van der Waals surface area contributed by atoms with Crippen LogP contribution in [0.15, 0.2) is 36.4 Å². The van der Waals surface area contributed by atoms with Gasteiger partial charge in [0.05, 0.1) is 12.6 Å². The zero-order chi connectivity index (χ0) is 19.1. The lowest BCUT2D eigenvalue weighted by molar-refractivity contribution is -0.132. The summed E-state index contributed by atoms with van der Waals surface area (Å²) in [4.78, 5) is 14.0. The molecule has 1 aliphatic rings. The van der Waals surface area contributed by atoms with Crippen molar-refractivity contribution in [3.63, 3.8) is 0 Å². The molecular weight excluding hydrogens is 350 g/mol. The summed E-state index contributed by atoms with van der Waals surface area (Å²) >= 11 is 0. The molecule has 0 radical (unpaired) electrons. The van der Waals surface area contributed by atoms with Crippen LogP contribution in [-0.2, 0) is 11.3 Å². The molecule has 0 aliphatic carbocycles. The number of benzene rings is 2. The highest BCUT2D eigenvalue weighted by atomic mass is 19.1. The number of aromatic nitrogens is 1. The molecule has 4 nitrogen and oxygen atoms in total. The van der Waals surface area contributed by atoms with Crippen LogP contribution in [0.25, 0.3) is 21.8 Å². The second-order valence-corrected chi connectivity index (χ2v) is 7.27. The monoisotopic (exact) mass is 372 g/mol. The summed E-state index contributed by atoms with van der Waals surface area (Å²) in [6.07, 6.45) is 0.879. The Hall–Kier alpha value is -2.47. The highest BCUT2D eigenvalue weighted by Gasteiger charge is 2.31. The molecular formula is C21H22F2N2O2. The van der Waals surface area contributed by atoms with Gasteiger partial charge in [-0.3, -0.25) is 4.79 Å². The number of nitrogens with zero attached hydrogens (tertiary/aromatic N) is 2. The van der Waals surface area contributed by atoms with Gasteiger partial charge in [0.1, 0.15) is 11.6 Å². The van der Waals surface area contributed by atoms with Crippen molar-refractivity contribution >= 4 is 27.7 Å². The number of aliphatic hydroxyl groups excluding tert-OH is 1. The van der Waals surface area contributed by atoms with E-state index >= 15 is 0 Å². The van der Waals surface area contributed by atoms with E-state index < -0.39 is 6.10 Å². The van der Waals surface area contributed by atoms with Crippen LogP contribution < -0.4 is 0 Å². The number of carbonyl (C=O) groups is 1. The summed E-state index contributed by atoms with van der Waals surface area (Å²) in [6.45, 7) is 3.17. The Labute approximate surface area is 156 Å². The van der Waals surface area contributed by atoms with Gasteiger partial charge in [-0.1, -0.05) is 6.92 Å². The van der Waals surface area contributed by atoms with Gasteiger partial charge in [-0.05, 0) is 49.2 Å². The first kappa shape index (κ1) is 17.9. The van der Waals surface area contributed by atoms with Gasteiger partial charge in [0.25, 0.3) is 0 Å². The van der Waals surface area contributed by atoms with Crippen LogP contribution in [0.2, 0.25) is 0 Å². The number of fused-ring (bicyclic) bond motifs is 3. The summed E-state index contributed by atoms with van der Waals surface area (Å²) in [5, 5.41) is 11.8. The minimum atomic E-state index is -0.765. The van der Waals surface area contributed by atoms with Crippen molar-refractivity contribution in [3.05, 3.63) is 48.0 Å². The molecule has 1 aromatic heterocycles. The molecule has 2 atom stereocenters. The van der Waals surface area contributed by atoms with Crippen molar-refractivity contribution in [2.24, 2.45) is 5.92 Å². The molecule has 2 aromatic carbocycles. The molecule has 27 heavy (non-hydrogen) atoms. The Morgan fingerprint density at radius 1 is 1.07 bits per heavy atom. The Kier molecular flexibility index (Phi) is 4.60. The second kappa shape index (κ2) is 6.93. The van der Waals surface area contributed by atoms with Crippen molar-refractivity contribution in [1.82, 2.24) is 9.47 Å². The topological polar surface area (TPSA) is 45.5 Å². The van der Waals surface area contributed by atoms with Gasteiger partial charge in [-0.2, -0.15) is 0 Å². The normalized spacial score (nSPS) is 18.7. The molecule has 6 heteroatoms. The molecule has 1 saturated heterocycles. The Bertz CT molecular complexity index is 955. The number of aliphatic hydroxyl groups is 1. The first-order valence-corrected chi connectivity index (χ1v) is 9.31. The van der Waals surface area contributed by atoms with Crippen LogP contribution in [0, 0.1) is 17.6 Å². The highest BCUT2D eigenvalue weighted by Crippen LogP contribution is 2.31. The lowest BCUT2D eigenvalue weighted by atomic mass is 10.1. The standard InChI is InChI=1S/C21H22F2N2O2/c1-2-13-7-8-24(21(13)27)11-16(26)12-25-19-5-3-14(22)9-17(19)18-10-15(23)4-6-20(18)25/h3-6,9-10,13,16,26H,2,7-8,11-12H2,1H3. The van der Waals surface area contributed by atoms with Crippen LogP contribution in [0.3, 0.4) is 0 Å². The summed E-state index contributed by atoms with van der Waals surface area (Å²) in [7, 11) is 0. The average molecular weight is 372 g/mol. The molecule has 0 bridgehead atoms. The molecule has 2 heterocycles. The largest absolute Gasteiger partial charge is 0.389 e. The van der Waals surface area contributed by atoms with Crippen molar-refractivity contribution in [3.8, 4) is 0 Å². The van der Waals surface area contributed by atoms with E-state index in [2.05, 4.69) is 0 Å². The van der Waals surface area contributed by atoms with E-state index in [1.165, 1.54) is 24.3 Å².